The molecule has 0 unspecified atom stereocenters. The molecule has 1 saturated heterocycles. The SMILES string of the molecule is CCC[C@H](c1cc(OC)c(O)c([N+](=O)[O-])c1)N1CCNCC1.Cl.Cl. The predicted octanol–water partition coefficient (Wildman–Crippen LogP) is 2.90. The van der Waals surface area contributed by atoms with E-state index in [1.807, 2.05) is 0 Å². The summed E-state index contributed by atoms with van der Waals surface area (Å²) >= 11 is 0. The van der Waals surface area contributed by atoms with Crippen LogP contribution in [0.1, 0.15) is 31.4 Å². The van der Waals surface area contributed by atoms with Crippen LogP contribution in [-0.4, -0.2) is 48.2 Å². The number of piperazine rings is 1. The number of hydrogen-bond donors (Lipinski definition) is 2. The summed E-state index contributed by atoms with van der Waals surface area (Å²) in [6, 6.07) is 3.28. The van der Waals surface area contributed by atoms with Crippen LogP contribution in [-0.2, 0) is 0 Å². The Hall–Kier alpha value is -1.28. The zero-order valence-electron chi connectivity index (χ0n) is 13.9. The number of phenolic OH excluding ortho intramolecular Hbond substituents is 1. The number of rotatable bonds is 6. The smallest absolute Gasteiger partial charge is 0.314 e. The van der Waals surface area contributed by atoms with Crippen LogP contribution in [0.25, 0.3) is 0 Å². The van der Waals surface area contributed by atoms with Gasteiger partial charge in [0.25, 0.3) is 0 Å². The van der Waals surface area contributed by atoms with Crippen LogP contribution >= 0.6 is 24.8 Å². The van der Waals surface area contributed by atoms with Crippen LogP contribution < -0.4 is 10.1 Å². The van der Waals surface area contributed by atoms with Gasteiger partial charge in [-0.1, -0.05) is 13.3 Å². The summed E-state index contributed by atoms with van der Waals surface area (Å²) in [5.74, 6) is -0.257. The van der Waals surface area contributed by atoms with Gasteiger partial charge in [-0.15, -0.1) is 24.8 Å². The van der Waals surface area contributed by atoms with Crippen molar-refractivity contribution in [3.63, 3.8) is 0 Å². The fourth-order valence-electron chi connectivity index (χ4n) is 2.93. The predicted molar refractivity (Wildman–Crippen MR) is 97.9 cm³/mol. The molecule has 0 radical (unpaired) electrons. The first kappa shape index (κ1) is 22.7. The van der Waals surface area contributed by atoms with Crippen molar-refractivity contribution in [2.24, 2.45) is 0 Å². The van der Waals surface area contributed by atoms with E-state index in [0.717, 1.165) is 44.6 Å². The van der Waals surface area contributed by atoms with Crippen molar-refractivity contribution in [3.05, 3.63) is 27.8 Å². The number of nitrogens with zero attached hydrogens (tertiary/aromatic N) is 2. The summed E-state index contributed by atoms with van der Waals surface area (Å²) in [5, 5.41) is 24.4. The summed E-state index contributed by atoms with van der Waals surface area (Å²) in [7, 11) is 1.40. The summed E-state index contributed by atoms with van der Waals surface area (Å²) in [4.78, 5) is 12.9. The normalized spacial score (nSPS) is 15.8. The van der Waals surface area contributed by atoms with Gasteiger partial charge in [-0.3, -0.25) is 15.0 Å². The maximum atomic E-state index is 11.2. The average Bonchev–Trinajstić information content (AvgIpc) is 2.53. The Morgan fingerprint density at radius 3 is 2.50 bits per heavy atom. The quantitative estimate of drug-likeness (QED) is 0.581. The molecular formula is C15H25Cl2N3O4. The van der Waals surface area contributed by atoms with Crippen LogP contribution in [0.3, 0.4) is 0 Å². The maximum Gasteiger partial charge on any atom is 0.314 e. The highest BCUT2D eigenvalue weighted by molar-refractivity contribution is 5.85. The van der Waals surface area contributed by atoms with Crippen LogP contribution in [0.2, 0.25) is 0 Å². The molecule has 1 aliphatic rings. The van der Waals surface area contributed by atoms with Crippen molar-refractivity contribution in [2.75, 3.05) is 33.3 Å². The van der Waals surface area contributed by atoms with Gasteiger partial charge in [0.05, 0.1) is 12.0 Å². The number of methoxy groups -OCH3 is 1. The molecule has 0 aromatic heterocycles. The topological polar surface area (TPSA) is 87.9 Å². The van der Waals surface area contributed by atoms with Crippen LogP contribution in [0.4, 0.5) is 5.69 Å². The summed E-state index contributed by atoms with van der Waals surface area (Å²) in [6.45, 7) is 5.74. The molecule has 138 valence electrons. The van der Waals surface area contributed by atoms with Crippen LogP contribution in [0, 0.1) is 10.1 Å². The summed E-state index contributed by atoms with van der Waals surface area (Å²) in [6.07, 6.45) is 1.89. The van der Waals surface area contributed by atoms with E-state index in [4.69, 9.17) is 4.74 Å². The Bertz CT molecular complexity index is 540. The summed E-state index contributed by atoms with van der Waals surface area (Å²) < 4.78 is 5.11. The minimum absolute atomic E-state index is 0. The largest absolute Gasteiger partial charge is 0.500 e. The van der Waals surface area contributed by atoms with Gasteiger partial charge in [-0.2, -0.15) is 0 Å². The van der Waals surface area contributed by atoms with Crippen LogP contribution in [0.5, 0.6) is 11.5 Å². The van der Waals surface area contributed by atoms with Gasteiger partial charge in [0.2, 0.25) is 5.75 Å². The molecule has 0 bridgehead atoms. The first-order chi connectivity index (χ1) is 10.6. The number of aromatic hydroxyl groups is 1. The van der Waals surface area contributed by atoms with Crippen molar-refractivity contribution >= 4 is 30.5 Å². The number of hydrogen-bond acceptors (Lipinski definition) is 6. The lowest BCUT2D eigenvalue weighted by atomic mass is 9.98. The fraction of sp³-hybridized carbons (Fsp3) is 0.600. The number of phenols is 1. The average molecular weight is 382 g/mol. The standard InChI is InChI=1S/C15H23N3O4.2ClH/c1-3-4-12(17-7-5-16-6-8-17)11-9-13(18(20)21)15(19)14(10-11)22-2;;/h9-10,12,16,19H,3-8H2,1-2H3;2*1H/t12-;;/m1../s1. The van der Waals surface area contributed by atoms with Crippen molar-refractivity contribution < 1.29 is 14.8 Å². The molecule has 1 aliphatic heterocycles. The number of halogens is 2. The Morgan fingerprint density at radius 1 is 1.38 bits per heavy atom. The molecule has 0 amide bonds. The maximum absolute atomic E-state index is 11.2. The molecule has 2 N–H and O–H groups in total. The number of ether oxygens (including phenoxy) is 1. The van der Waals surface area contributed by atoms with Gasteiger partial charge in [0, 0.05) is 38.3 Å². The highest BCUT2D eigenvalue weighted by Gasteiger charge is 2.27. The zero-order chi connectivity index (χ0) is 16.1. The van der Waals surface area contributed by atoms with Gasteiger partial charge < -0.3 is 15.2 Å². The van der Waals surface area contributed by atoms with E-state index in [9.17, 15) is 15.2 Å². The van der Waals surface area contributed by atoms with Crippen molar-refractivity contribution in [2.45, 2.75) is 25.8 Å². The molecule has 1 aromatic rings. The van der Waals surface area contributed by atoms with E-state index >= 15 is 0 Å². The number of nitrogens with one attached hydrogen (secondary N) is 1. The van der Waals surface area contributed by atoms with E-state index in [1.165, 1.54) is 13.2 Å². The monoisotopic (exact) mass is 381 g/mol. The van der Waals surface area contributed by atoms with Crippen molar-refractivity contribution in [1.29, 1.82) is 0 Å². The number of nitro groups is 1. The van der Waals surface area contributed by atoms with E-state index in [-0.39, 0.29) is 42.3 Å². The van der Waals surface area contributed by atoms with Crippen LogP contribution in [0.15, 0.2) is 12.1 Å². The fourth-order valence-corrected chi connectivity index (χ4v) is 2.93. The van der Waals surface area contributed by atoms with Gasteiger partial charge >= 0.3 is 5.69 Å². The van der Waals surface area contributed by atoms with Gasteiger partial charge in [-0.05, 0) is 18.1 Å². The van der Waals surface area contributed by atoms with Gasteiger partial charge in [0.15, 0.2) is 5.75 Å². The molecule has 9 heteroatoms. The molecule has 1 fully saturated rings. The molecule has 24 heavy (non-hydrogen) atoms. The second-order valence-electron chi connectivity index (χ2n) is 5.44. The van der Waals surface area contributed by atoms with E-state index in [1.54, 1.807) is 6.07 Å². The highest BCUT2D eigenvalue weighted by atomic mass is 35.5. The molecule has 1 atom stereocenters. The zero-order valence-corrected chi connectivity index (χ0v) is 15.5. The Balaban J connectivity index is 0.00000264. The number of benzene rings is 1. The van der Waals surface area contributed by atoms with E-state index in [0.29, 0.717) is 0 Å². The van der Waals surface area contributed by atoms with Gasteiger partial charge in [0.1, 0.15) is 0 Å². The minimum atomic E-state index is -0.567. The third kappa shape index (κ3) is 5.11. The van der Waals surface area contributed by atoms with Crippen molar-refractivity contribution in [3.8, 4) is 11.5 Å². The van der Waals surface area contributed by atoms with E-state index in [2.05, 4.69) is 17.1 Å². The first-order valence-electron chi connectivity index (χ1n) is 7.58. The minimum Gasteiger partial charge on any atom is -0.500 e. The second-order valence-corrected chi connectivity index (χ2v) is 5.44. The molecule has 0 aliphatic carbocycles. The van der Waals surface area contributed by atoms with Gasteiger partial charge in [-0.25, -0.2) is 0 Å². The molecule has 1 aromatic carbocycles. The lowest BCUT2D eigenvalue weighted by Gasteiger charge is -2.35. The second kappa shape index (κ2) is 10.6. The first-order valence-corrected chi connectivity index (χ1v) is 7.58. The highest BCUT2D eigenvalue weighted by Crippen LogP contribution is 2.40. The Labute approximate surface area is 154 Å². The molecule has 0 saturated carbocycles. The summed E-state index contributed by atoms with van der Waals surface area (Å²) in [5.41, 5.74) is 0.524. The third-order valence-electron chi connectivity index (χ3n) is 4.03. The lowest BCUT2D eigenvalue weighted by Crippen LogP contribution is -2.45. The lowest BCUT2D eigenvalue weighted by molar-refractivity contribution is -0.386. The Kier molecular flexibility index (Phi) is 9.99. The number of nitro benzene ring substituents is 1. The molecule has 2 rings (SSSR count). The third-order valence-corrected chi connectivity index (χ3v) is 4.03. The molecule has 0 spiro atoms. The Morgan fingerprint density at radius 2 is 2.00 bits per heavy atom. The van der Waals surface area contributed by atoms with Crippen molar-refractivity contribution in [1.82, 2.24) is 10.2 Å². The molecular weight excluding hydrogens is 357 g/mol. The molecule has 7 nitrogen and oxygen atoms in total. The molecule has 1 heterocycles. The van der Waals surface area contributed by atoms with E-state index < -0.39 is 10.7 Å².